The molecule has 0 aromatic carbocycles. The molecule has 1 fully saturated rings. The van der Waals surface area contributed by atoms with Crippen molar-refractivity contribution in [2.45, 2.75) is 97.3 Å². The maximum Gasteiger partial charge on any atom is 0.234 e. The van der Waals surface area contributed by atoms with Crippen molar-refractivity contribution in [3.63, 3.8) is 0 Å². The first-order valence-electron chi connectivity index (χ1n) is 9.65. The van der Waals surface area contributed by atoms with Gasteiger partial charge in [-0.15, -0.1) is 0 Å². The summed E-state index contributed by atoms with van der Waals surface area (Å²) in [4.78, 5) is 22.8. The van der Waals surface area contributed by atoms with E-state index in [1.165, 1.54) is 70.6 Å². The fourth-order valence-electron chi connectivity index (χ4n) is 3.20. The van der Waals surface area contributed by atoms with Crippen LogP contribution in [0, 0.1) is 5.92 Å². The molecule has 0 aliphatic carbocycles. The third-order valence-electron chi connectivity index (χ3n) is 4.79. The van der Waals surface area contributed by atoms with Gasteiger partial charge in [-0.3, -0.25) is 14.9 Å². The second kappa shape index (κ2) is 12.3. The van der Waals surface area contributed by atoms with Crippen molar-refractivity contribution in [3.8, 4) is 0 Å². The van der Waals surface area contributed by atoms with Crippen molar-refractivity contribution in [2.24, 2.45) is 5.92 Å². The second-order valence-electron chi connectivity index (χ2n) is 6.94. The summed E-state index contributed by atoms with van der Waals surface area (Å²) in [6, 6.07) is 0. The lowest BCUT2D eigenvalue weighted by molar-refractivity contribution is -0.125. The number of unbranched alkanes of at least 4 members (excludes halogenated alkanes) is 11. The first-order chi connectivity index (χ1) is 11.1. The van der Waals surface area contributed by atoms with Crippen LogP contribution >= 0.6 is 0 Å². The highest BCUT2D eigenvalue weighted by Crippen LogP contribution is 2.21. The maximum atomic E-state index is 11.6. The van der Waals surface area contributed by atoms with Crippen LogP contribution in [-0.2, 0) is 9.59 Å². The van der Waals surface area contributed by atoms with E-state index in [-0.39, 0.29) is 17.7 Å². The Kier molecular flexibility index (Phi) is 10.7. The SMILES string of the molecule is CCCCCCCCCCCCCC=C(C)C1CC(=O)NC1=O. The lowest BCUT2D eigenvalue weighted by atomic mass is 9.97. The highest BCUT2D eigenvalue weighted by atomic mass is 16.2. The van der Waals surface area contributed by atoms with Crippen molar-refractivity contribution in [3.05, 3.63) is 11.6 Å². The molecule has 3 nitrogen and oxygen atoms in total. The molecule has 0 aromatic heterocycles. The van der Waals surface area contributed by atoms with E-state index in [1.807, 2.05) is 6.92 Å². The molecule has 1 aliphatic rings. The Balaban J connectivity index is 1.94. The van der Waals surface area contributed by atoms with Gasteiger partial charge >= 0.3 is 0 Å². The summed E-state index contributed by atoms with van der Waals surface area (Å²) in [5.74, 6) is -0.472. The molecule has 2 amide bonds. The van der Waals surface area contributed by atoms with Crippen LogP contribution in [0.1, 0.15) is 97.3 Å². The van der Waals surface area contributed by atoms with E-state index in [9.17, 15) is 9.59 Å². The summed E-state index contributed by atoms with van der Waals surface area (Å²) < 4.78 is 0. The Labute approximate surface area is 142 Å². The maximum absolute atomic E-state index is 11.6. The Morgan fingerprint density at radius 2 is 1.48 bits per heavy atom. The van der Waals surface area contributed by atoms with Gasteiger partial charge < -0.3 is 0 Å². The Morgan fingerprint density at radius 1 is 0.957 bits per heavy atom. The van der Waals surface area contributed by atoms with E-state index in [4.69, 9.17) is 0 Å². The Morgan fingerprint density at radius 3 is 1.96 bits per heavy atom. The van der Waals surface area contributed by atoms with Gasteiger partial charge in [-0.2, -0.15) is 0 Å². The number of carbonyl (C=O) groups excluding carboxylic acids is 2. The minimum atomic E-state index is -0.213. The third kappa shape index (κ3) is 8.92. The van der Waals surface area contributed by atoms with Gasteiger partial charge in [0.2, 0.25) is 11.8 Å². The molecule has 0 bridgehead atoms. The number of rotatable bonds is 13. The van der Waals surface area contributed by atoms with E-state index in [2.05, 4.69) is 18.3 Å². The highest BCUT2D eigenvalue weighted by molar-refractivity contribution is 6.04. The van der Waals surface area contributed by atoms with Gasteiger partial charge in [0.15, 0.2) is 0 Å². The van der Waals surface area contributed by atoms with Gasteiger partial charge in [0.25, 0.3) is 0 Å². The molecule has 0 aromatic rings. The molecule has 0 spiro atoms. The molecule has 132 valence electrons. The molecule has 1 heterocycles. The summed E-state index contributed by atoms with van der Waals surface area (Å²) in [6.07, 6.45) is 18.4. The predicted octanol–water partition coefficient (Wildman–Crippen LogP) is 5.30. The average Bonchev–Trinajstić information content (AvgIpc) is 2.87. The monoisotopic (exact) mass is 321 g/mol. The van der Waals surface area contributed by atoms with Crippen molar-refractivity contribution in [2.75, 3.05) is 0 Å². The molecule has 1 saturated heterocycles. The number of allylic oxidation sites excluding steroid dienone is 1. The minimum absolute atomic E-state index is 0.123. The van der Waals surface area contributed by atoms with Crippen LogP contribution in [0.3, 0.4) is 0 Å². The summed E-state index contributed by atoms with van der Waals surface area (Å²) in [7, 11) is 0. The van der Waals surface area contributed by atoms with Crippen LogP contribution in [0.5, 0.6) is 0 Å². The number of carbonyl (C=O) groups is 2. The standard InChI is InChI=1S/C20H35NO2/c1-3-4-5-6-7-8-9-10-11-12-13-14-15-17(2)18-16-19(22)21-20(18)23/h15,18H,3-14,16H2,1-2H3,(H,21,22,23). The summed E-state index contributed by atoms with van der Waals surface area (Å²) in [6.45, 7) is 4.24. The first kappa shape index (κ1) is 19.9. The van der Waals surface area contributed by atoms with Crippen molar-refractivity contribution in [1.29, 1.82) is 0 Å². The molecule has 0 saturated carbocycles. The van der Waals surface area contributed by atoms with Gasteiger partial charge in [-0.25, -0.2) is 0 Å². The third-order valence-corrected chi connectivity index (χ3v) is 4.79. The zero-order chi connectivity index (χ0) is 16.9. The molecule has 1 atom stereocenters. The molecular weight excluding hydrogens is 286 g/mol. The van der Waals surface area contributed by atoms with Crippen LogP contribution in [0.15, 0.2) is 11.6 Å². The minimum Gasteiger partial charge on any atom is -0.296 e. The Bertz CT molecular complexity index is 387. The number of hydrogen-bond acceptors (Lipinski definition) is 2. The van der Waals surface area contributed by atoms with E-state index >= 15 is 0 Å². The quantitative estimate of drug-likeness (QED) is 0.284. The van der Waals surface area contributed by atoms with E-state index in [1.54, 1.807) is 0 Å². The van der Waals surface area contributed by atoms with Gasteiger partial charge in [-0.1, -0.05) is 82.8 Å². The summed E-state index contributed by atoms with van der Waals surface area (Å²) in [5.41, 5.74) is 1.06. The van der Waals surface area contributed by atoms with Crippen LogP contribution in [0.25, 0.3) is 0 Å². The van der Waals surface area contributed by atoms with Crippen LogP contribution < -0.4 is 5.32 Å². The predicted molar refractivity (Wildman–Crippen MR) is 96.1 cm³/mol. The summed E-state index contributed by atoms with van der Waals surface area (Å²) in [5, 5.41) is 2.38. The molecule has 23 heavy (non-hydrogen) atoms. The van der Waals surface area contributed by atoms with E-state index in [0.29, 0.717) is 6.42 Å². The van der Waals surface area contributed by atoms with Gasteiger partial charge in [0, 0.05) is 6.42 Å². The molecule has 1 N–H and O–H groups in total. The van der Waals surface area contributed by atoms with Crippen molar-refractivity contribution < 1.29 is 9.59 Å². The zero-order valence-electron chi connectivity index (χ0n) is 15.2. The van der Waals surface area contributed by atoms with Gasteiger partial charge in [0.05, 0.1) is 5.92 Å². The largest absolute Gasteiger partial charge is 0.296 e. The van der Waals surface area contributed by atoms with Crippen molar-refractivity contribution in [1.82, 2.24) is 5.32 Å². The molecule has 3 heteroatoms. The molecular formula is C20H35NO2. The number of hydrogen-bond donors (Lipinski definition) is 1. The smallest absolute Gasteiger partial charge is 0.234 e. The lowest BCUT2D eigenvalue weighted by Gasteiger charge is -2.06. The lowest BCUT2D eigenvalue weighted by Crippen LogP contribution is -2.22. The van der Waals surface area contributed by atoms with E-state index in [0.717, 1.165) is 12.0 Å². The Hall–Kier alpha value is -1.12. The molecule has 0 radical (unpaired) electrons. The second-order valence-corrected chi connectivity index (χ2v) is 6.94. The fourth-order valence-corrected chi connectivity index (χ4v) is 3.20. The summed E-state index contributed by atoms with van der Waals surface area (Å²) >= 11 is 0. The van der Waals surface area contributed by atoms with Crippen LogP contribution in [-0.4, -0.2) is 11.8 Å². The van der Waals surface area contributed by atoms with Crippen LogP contribution in [0.2, 0.25) is 0 Å². The number of imide groups is 1. The highest BCUT2D eigenvalue weighted by Gasteiger charge is 2.31. The van der Waals surface area contributed by atoms with E-state index < -0.39 is 0 Å². The van der Waals surface area contributed by atoms with Gasteiger partial charge in [-0.05, 0) is 19.8 Å². The normalized spacial score (nSPS) is 18.5. The zero-order valence-corrected chi connectivity index (χ0v) is 15.2. The molecule has 1 rings (SSSR count). The number of amides is 2. The fraction of sp³-hybridized carbons (Fsp3) is 0.800. The first-order valence-corrected chi connectivity index (χ1v) is 9.65. The number of nitrogens with one attached hydrogen (secondary N) is 1. The van der Waals surface area contributed by atoms with Crippen LogP contribution in [0.4, 0.5) is 0 Å². The van der Waals surface area contributed by atoms with Gasteiger partial charge in [0.1, 0.15) is 0 Å². The average molecular weight is 322 g/mol. The molecule has 1 aliphatic heterocycles. The topological polar surface area (TPSA) is 46.2 Å². The van der Waals surface area contributed by atoms with Crippen molar-refractivity contribution >= 4 is 11.8 Å². The molecule has 1 unspecified atom stereocenters.